The number of rotatable bonds is 2. The van der Waals surface area contributed by atoms with Crippen LogP contribution in [0.25, 0.3) is 5.52 Å². The third-order valence-corrected chi connectivity index (χ3v) is 1.97. The monoisotopic (exact) mass is 176 g/mol. The molecule has 0 spiro atoms. The molecule has 0 radical (unpaired) electrons. The van der Waals surface area contributed by atoms with Crippen LogP contribution >= 0.6 is 0 Å². The lowest BCUT2D eigenvalue weighted by Crippen LogP contribution is -2.18. The van der Waals surface area contributed by atoms with E-state index in [4.69, 9.17) is 5.73 Å². The summed E-state index contributed by atoms with van der Waals surface area (Å²) in [6.45, 7) is 1.99. The molecule has 2 aromatic rings. The molecule has 2 heterocycles. The van der Waals surface area contributed by atoms with Crippen LogP contribution in [0.1, 0.15) is 12.5 Å². The number of fused-ring (bicyclic) bond motifs is 1. The van der Waals surface area contributed by atoms with Crippen molar-refractivity contribution in [3.63, 3.8) is 0 Å². The largest absolute Gasteiger partial charge is 0.328 e. The Bertz CT molecular complexity index is 405. The third-order valence-electron chi connectivity index (χ3n) is 1.97. The molecule has 68 valence electrons. The van der Waals surface area contributed by atoms with Crippen molar-refractivity contribution in [2.45, 2.75) is 19.4 Å². The van der Waals surface area contributed by atoms with Crippen molar-refractivity contribution in [1.82, 2.24) is 14.8 Å². The average Bonchev–Trinajstić information content (AvgIpc) is 2.51. The molecule has 4 heteroatoms. The van der Waals surface area contributed by atoms with Gasteiger partial charge in [-0.2, -0.15) is 0 Å². The summed E-state index contributed by atoms with van der Waals surface area (Å²) in [7, 11) is 0. The molecule has 0 fully saturated rings. The van der Waals surface area contributed by atoms with Crippen LogP contribution in [0.4, 0.5) is 0 Å². The van der Waals surface area contributed by atoms with Crippen LogP contribution in [0.5, 0.6) is 0 Å². The molecule has 0 aliphatic carbocycles. The number of aromatic nitrogens is 3. The molecule has 0 saturated heterocycles. The van der Waals surface area contributed by atoms with E-state index in [1.165, 1.54) is 5.56 Å². The maximum absolute atomic E-state index is 5.73. The Morgan fingerprint density at radius 2 is 2.46 bits per heavy atom. The van der Waals surface area contributed by atoms with E-state index in [0.29, 0.717) is 0 Å². The van der Waals surface area contributed by atoms with Gasteiger partial charge in [0.15, 0.2) is 0 Å². The standard InChI is InChI=1S/C9H12N4/c1-7(10)5-8-3-2-4-13-9(8)6-11-12-13/h2-4,6-7H,5,10H2,1H3. The van der Waals surface area contributed by atoms with Crippen molar-refractivity contribution in [3.05, 3.63) is 30.1 Å². The van der Waals surface area contributed by atoms with Crippen molar-refractivity contribution in [2.24, 2.45) is 5.73 Å². The van der Waals surface area contributed by atoms with E-state index in [2.05, 4.69) is 16.4 Å². The second-order valence-electron chi connectivity index (χ2n) is 3.28. The van der Waals surface area contributed by atoms with E-state index in [1.807, 2.05) is 19.2 Å². The zero-order valence-corrected chi connectivity index (χ0v) is 7.51. The zero-order chi connectivity index (χ0) is 9.26. The van der Waals surface area contributed by atoms with Crippen molar-refractivity contribution in [3.8, 4) is 0 Å². The highest BCUT2D eigenvalue weighted by atomic mass is 15.4. The topological polar surface area (TPSA) is 56.2 Å². The molecule has 1 unspecified atom stereocenters. The number of hydrogen-bond acceptors (Lipinski definition) is 3. The molecule has 2 aromatic heterocycles. The van der Waals surface area contributed by atoms with Gasteiger partial charge in [0.2, 0.25) is 0 Å². The molecule has 0 aliphatic heterocycles. The van der Waals surface area contributed by atoms with Gasteiger partial charge in [-0.25, -0.2) is 4.52 Å². The lowest BCUT2D eigenvalue weighted by molar-refractivity contribution is 0.736. The molecule has 2 N–H and O–H groups in total. The van der Waals surface area contributed by atoms with Crippen LogP contribution in [0, 0.1) is 0 Å². The van der Waals surface area contributed by atoms with Gasteiger partial charge in [-0.15, -0.1) is 5.10 Å². The van der Waals surface area contributed by atoms with Crippen LogP contribution in [0.15, 0.2) is 24.5 Å². The summed E-state index contributed by atoms with van der Waals surface area (Å²) in [5, 5.41) is 7.75. The first-order valence-electron chi connectivity index (χ1n) is 4.31. The Kier molecular flexibility index (Phi) is 1.98. The van der Waals surface area contributed by atoms with Crippen LogP contribution in [-0.4, -0.2) is 20.9 Å². The van der Waals surface area contributed by atoms with E-state index in [0.717, 1.165) is 11.9 Å². The minimum Gasteiger partial charge on any atom is -0.328 e. The van der Waals surface area contributed by atoms with Gasteiger partial charge in [-0.3, -0.25) is 0 Å². The maximum Gasteiger partial charge on any atom is 0.0897 e. The molecule has 0 aliphatic rings. The molecule has 2 rings (SSSR count). The Balaban J connectivity index is 2.48. The molecule has 0 bridgehead atoms. The summed E-state index contributed by atoms with van der Waals surface area (Å²) < 4.78 is 1.76. The van der Waals surface area contributed by atoms with Gasteiger partial charge in [-0.05, 0) is 25.0 Å². The number of pyridine rings is 1. The van der Waals surface area contributed by atoms with Crippen molar-refractivity contribution in [1.29, 1.82) is 0 Å². The Morgan fingerprint density at radius 3 is 3.23 bits per heavy atom. The fourth-order valence-electron chi connectivity index (χ4n) is 1.43. The molecule has 0 saturated carbocycles. The fourth-order valence-corrected chi connectivity index (χ4v) is 1.43. The van der Waals surface area contributed by atoms with E-state index in [1.54, 1.807) is 10.7 Å². The minimum absolute atomic E-state index is 0.168. The van der Waals surface area contributed by atoms with Gasteiger partial charge in [-0.1, -0.05) is 11.3 Å². The summed E-state index contributed by atoms with van der Waals surface area (Å²) in [5.41, 5.74) is 7.97. The SMILES string of the molecule is CC(N)Cc1cccn2nncc12. The summed E-state index contributed by atoms with van der Waals surface area (Å²) in [5.74, 6) is 0. The van der Waals surface area contributed by atoms with Crippen LogP contribution in [0.3, 0.4) is 0 Å². The number of hydrogen-bond donors (Lipinski definition) is 1. The highest BCUT2D eigenvalue weighted by Crippen LogP contribution is 2.09. The molecular weight excluding hydrogens is 164 g/mol. The molecule has 0 aromatic carbocycles. The van der Waals surface area contributed by atoms with E-state index in [9.17, 15) is 0 Å². The minimum atomic E-state index is 0.168. The fraction of sp³-hybridized carbons (Fsp3) is 0.333. The van der Waals surface area contributed by atoms with Crippen LogP contribution < -0.4 is 5.73 Å². The molecular formula is C9H12N4. The highest BCUT2D eigenvalue weighted by Gasteiger charge is 2.03. The van der Waals surface area contributed by atoms with E-state index >= 15 is 0 Å². The Morgan fingerprint density at radius 1 is 1.62 bits per heavy atom. The van der Waals surface area contributed by atoms with Gasteiger partial charge in [0, 0.05) is 12.2 Å². The first kappa shape index (κ1) is 8.19. The first-order chi connectivity index (χ1) is 6.27. The number of nitrogens with two attached hydrogens (primary N) is 1. The summed E-state index contributed by atoms with van der Waals surface area (Å²) in [4.78, 5) is 0. The second-order valence-corrected chi connectivity index (χ2v) is 3.28. The highest BCUT2D eigenvalue weighted by molar-refractivity contribution is 5.51. The number of nitrogens with zero attached hydrogens (tertiary/aromatic N) is 3. The van der Waals surface area contributed by atoms with Gasteiger partial charge >= 0.3 is 0 Å². The lowest BCUT2D eigenvalue weighted by atomic mass is 10.1. The predicted octanol–water partition coefficient (Wildman–Crippen LogP) is 0.619. The molecule has 1 atom stereocenters. The maximum atomic E-state index is 5.73. The van der Waals surface area contributed by atoms with Crippen molar-refractivity contribution < 1.29 is 0 Å². The summed E-state index contributed by atoms with van der Waals surface area (Å²) >= 11 is 0. The van der Waals surface area contributed by atoms with Crippen molar-refractivity contribution >= 4 is 5.52 Å². The predicted molar refractivity (Wildman–Crippen MR) is 50.3 cm³/mol. The second kappa shape index (κ2) is 3.14. The smallest absolute Gasteiger partial charge is 0.0897 e. The summed E-state index contributed by atoms with van der Waals surface area (Å²) in [6, 6.07) is 4.18. The third kappa shape index (κ3) is 1.53. The van der Waals surface area contributed by atoms with Crippen LogP contribution in [0.2, 0.25) is 0 Å². The quantitative estimate of drug-likeness (QED) is 0.729. The molecule has 0 amide bonds. The van der Waals surface area contributed by atoms with Gasteiger partial charge in [0.1, 0.15) is 0 Å². The zero-order valence-electron chi connectivity index (χ0n) is 7.51. The Labute approximate surface area is 76.4 Å². The average molecular weight is 176 g/mol. The first-order valence-corrected chi connectivity index (χ1v) is 4.31. The summed E-state index contributed by atoms with van der Waals surface area (Å²) in [6.07, 6.45) is 4.50. The van der Waals surface area contributed by atoms with Gasteiger partial charge < -0.3 is 5.73 Å². The molecule has 4 nitrogen and oxygen atoms in total. The van der Waals surface area contributed by atoms with Gasteiger partial charge in [0.25, 0.3) is 0 Å². The normalized spacial score (nSPS) is 13.4. The Hall–Kier alpha value is -1.42. The lowest BCUT2D eigenvalue weighted by Gasteiger charge is -2.05. The molecule has 13 heavy (non-hydrogen) atoms. The van der Waals surface area contributed by atoms with E-state index < -0.39 is 0 Å². The van der Waals surface area contributed by atoms with E-state index in [-0.39, 0.29) is 6.04 Å². The van der Waals surface area contributed by atoms with Gasteiger partial charge in [0.05, 0.1) is 11.7 Å². The van der Waals surface area contributed by atoms with Crippen LogP contribution in [-0.2, 0) is 6.42 Å². The van der Waals surface area contributed by atoms with Crippen molar-refractivity contribution in [2.75, 3.05) is 0 Å².